The van der Waals surface area contributed by atoms with Crippen molar-refractivity contribution in [3.63, 3.8) is 0 Å². The minimum atomic E-state index is -0.279. The molecule has 4 N–H and O–H groups in total. The van der Waals surface area contributed by atoms with Gasteiger partial charge in [-0.15, -0.1) is 0 Å². The fourth-order valence-electron chi connectivity index (χ4n) is 3.69. The SMILES string of the molecule is O=C1NC2CCC(NC(=O)c3cc4ccccc4cc3O)CC2N1. The first-order valence-electron chi connectivity index (χ1n) is 8.20. The quantitative estimate of drug-likeness (QED) is 0.679. The minimum Gasteiger partial charge on any atom is -0.507 e. The van der Waals surface area contributed by atoms with Gasteiger partial charge < -0.3 is 21.1 Å². The molecule has 0 aromatic heterocycles. The van der Waals surface area contributed by atoms with Crippen molar-refractivity contribution >= 4 is 22.7 Å². The topological polar surface area (TPSA) is 90.5 Å². The van der Waals surface area contributed by atoms with Crippen LogP contribution in [0.3, 0.4) is 0 Å². The molecule has 4 rings (SSSR count). The van der Waals surface area contributed by atoms with Gasteiger partial charge in [-0.2, -0.15) is 0 Å². The van der Waals surface area contributed by atoms with Gasteiger partial charge in [0.25, 0.3) is 5.91 Å². The lowest BCUT2D eigenvalue weighted by Crippen LogP contribution is -2.47. The number of carbonyl (C=O) groups excluding carboxylic acids is 2. The Morgan fingerprint density at radius 3 is 2.58 bits per heavy atom. The van der Waals surface area contributed by atoms with Crippen LogP contribution in [0, 0.1) is 0 Å². The third-order valence-corrected chi connectivity index (χ3v) is 4.93. The van der Waals surface area contributed by atoms with Gasteiger partial charge in [-0.1, -0.05) is 24.3 Å². The van der Waals surface area contributed by atoms with Crippen molar-refractivity contribution in [3.05, 3.63) is 42.0 Å². The number of hydrogen-bond acceptors (Lipinski definition) is 3. The number of carbonyl (C=O) groups is 2. The molecule has 1 heterocycles. The predicted molar refractivity (Wildman–Crippen MR) is 90.0 cm³/mol. The highest BCUT2D eigenvalue weighted by molar-refractivity contribution is 6.01. The van der Waals surface area contributed by atoms with E-state index in [9.17, 15) is 14.7 Å². The summed E-state index contributed by atoms with van der Waals surface area (Å²) in [6.07, 6.45) is 2.34. The summed E-state index contributed by atoms with van der Waals surface area (Å²) in [5, 5.41) is 20.7. The van der Waals surface area contributed by atoms with Gasteiger partial charge in [-0.3, -0.25) is 4.79 Å². The number of urea groups is 1. The molecule has 2 aliphatic rings. The minimum absolute atomic E-state index is 0.00943. The van der Waals surface area contributed by atoms with Crippen LogP contribution in [-0.4, -0.2) is 35.2 Å². The molecule has 3 atom stereocenters. The van der Waals surface area contributed by atoms with Crippen LogP contribution in [0.4, 0.5) is 4.79 Å². The van der Waals surface area contributed by atoms with Crippen LogP contribution in [0.25, 0.3) is 10.8 Å². The average molecular weight is 325 g/mol. The summed E-state index contributed by atoms with van der Waals surface area (Å²) < 4.78 is 0. The predicted octanol–water partition coefficient (Wildman–Crippen LogP) is 1.88. The molecule has 3 amide bonds. The Hall–Kier alpha value is -2.76. The Labute approximate surface area is 139 Å². The van der Waals surface area contributed by atoms with Gasteiger partial charge >= 0.3 is 6.03 Å². The van der Waals surface area contributed by atoms with Crippen LogP contribution in [-0.2, 0) is 0 Å². The lowest BCUT2D eigenvalue weighted by molar-refractivity contribution is 0.0920. The molecule has 0 bridgehead atoms. The number of rotatable bonds is 2. The van der Waals surface area contributed by atoms with Gasteiger partial charge in [-0.05, 0) is 42.2 Å². The van der Waals surface area contributed by atoms with Crippen LogP contribution in [0.5, 0.6) is 5.75 Å². The van der Waals surface area contributed by atoms with Gasteiger partial charge in [0.15, 0.2) is 0 Å². The van der Waals surface area contributed by atoms with Crippen LogP contribution < -0.4 is 16.0 Å². The molecular formula is C18H19N3O3. The summed E-state index contributed by atoms with van der Waals surface area (Å²) >= 11 is 0. The van der Waals surface area contributed by atoms with E-state index in [1.165, 1.54) is 0 Å². The first kappa shape index (κ1) is 14.8. The monoisotopic (exact) mass is 325 g/mol. The smallest absolute Gasteiger partial charge is 0.315 e. The van der Waals surface area contributed by atoms with Crippen LogP contribution in [0.15, 0.2) is 36.4 Å². The number of aromatic hydroxyl groups is 1. The summed E-state index contributed by atoms with van der Waals surface area (Å²) in [6, 6.07) is 11.0. The number of amides is 3. The highest BCUT2D eigenvalue weighted by Crippen LogP contribution is 2.26. The second-order valence-electron chi connectivity index (χ2n) is 6.53. The molecule has 2 fully saturated rings. The molecule has 0 spiro atoms. The number of benzene rings is 2. The Bertz CT molecular complexity index is 820. The van der Waals surface area contributed by atoms with E-state index in [-0.39, 0.29) is 41.4 Å². The fraction of sp³-hybridized carbons (Fsp3) is 0.333. The Morgan fingerprint density at radius 2 is 1.79 bits per heavy atom. The van der Waals surface area contributed by atoms with E-state index in [1.54, 1.807) is 12.1 Å². The number of nitrogens with one attached hydrogen (secondary N) is 3. The van der Waals surface area contributed by atoms with E-state index in [0.29, 0.717) is 6.42 Å². The van der Waals surface area contributed by atoms with Gasteiger partial charge in [0, 0.05) is 6.04 Å². The van der Waals surface area contributed by atoms with Crippen LogP contribution in [0.2, 0.25) is 0 Å². The van der Waals surface area contributed by atoms with Crippen molar-refractivity contribution in [1.82, 2.24) is 16.0 Å². The third kappa shape index (κ3) is 2.64. The number of hydrogen-bond donors (Lipinski definition) is 4. The zero-order valence-corrected chi connectivity index (χ0v) is 13.1. The second-order valence-corrected chi connectivity index (χ2v) is 6.53. The molecule has 6 heteroatoms. The van der Waals surface area contributed by atoms with Crippen molar-refractivity contribution < 1.29 is 14.7 Å². The largest absolute Gasteiger partial charge is 0.507 e. The molecule has 2 aromatic rings. The molecule has 2 aromatic carbocycles. The highest BCUT2D eigenvalue weighted by atomic mass is 16.3. The second kappa shape index (κ2) is 5.70. The van der Waals surface area contributed by atoms with Crippen molar-refractivity contribution in [1.29, 1.82) is 0 Å². The van der Waals surface area contributed by atoms with E-state index in [1.807, 2.05) is 24.3 Å². The first-order chi connectivity index (χ1) is 11.6. The van der Waals surface area contributed by atoms with Crippen LogP contribution in [0.1, 0.15) is 29.6 Å². The number of fused-ring (bicyclic) bond motifs is 2. The first-order valence-corrected chi connectivity index (χ1v) is 8.20. The molecule has 1 saturated heterocycles. The zero-order valence-electron chi connectivity index (χ0n) is 13.1. The van der Waals surface area contributed by atoms with Crippen molar-refractivity contribution in [3.8, 4) is 5.75 Å². The summed E-state index contributed by atoms with van der Waals surface area (Å²) in [7, 11) is 0. The lowest BCUT2D eigenvalue weighted by atomic mass is 9.87. The maximum absolute atomic E-state index is 12.6. The summed E-state index contributed by atoms with van der Waals surface area (Å²) in [4.78, 5) is 23.9. The van der Waals surface area contributed by atoms with Gasteiger partial charge in [0.2, 0.25) is 0 Å². The molecule has 0 radical (unpaired) electrons. The molecular weight excluding hydrogens is 306 g/mol. The summed E-state index contributed by atoms with van der Waals surface area (Å²) in [5.74, 6) is -0.297. The molecule has 6 nitrogen and oxygen atoms in total. The molecule has 3 unspecified atom stereocenters. The lowest BCUT2D eigenvalue weighted by Gasteiger charge is -2.31. The number of phenols is 1. The van der Waals surface area contributed by atoms with Gasteiger partial charge in [-0.25, -0.2) is 4.79 Å². The van der Waals surface area contributed by atoms with Gasteiger partial charge in [0.05, 0.1) is 17.6 Å². The van der Waals surface area contributed by atoms with E-state index in [0.717, 1.165) is 23.6 Å². The summed E-state index contributed by atoms with van der Waals surface area (Å²) in [6.45, 7) is 0. The zero-order chi connectivity index (χ0) is 16.7. The Morgan fingerprint density at radius 1 is 1.08 bits per heavy atom. The molecule has 24 heavy (non-hydrogen) atoms. The Kier molecular flexibility index (Phi) is 3.52. The van der Waals surface area contributed by atoms with E-state index in [2.05, 4.69) is 16.0 Å². The van der Waals surface area contributed by atoms with E-state index in [4.69, 9.17) is 0 Å². The number of phenolic OH excluding ortho intramolecular Hbond substituents is 1. The molecule has 124 valence electrons. The standard InChI is InChI=1S/C18H19N3O3/c22-16-8-11-4-2-1-3-10(11)7-13(16)17(23)19-12-5-6-14-15(9-12)21-18(24)20-14/h1-4,7-8,12,14-15,22H,5-6,9H2,(H,19,23)(H2,20,21,24). The van der Waals surface area contributed by atoms with Crippen molar-refractivity contribution in [2.75, 3.05) is 0 Å². The van der Waals surface area contributed by atoms with Gasteiger partial charge in [0.1, 0.15) is 5.75 Å². The van der Waals surface area contributed by atoms with Crippen molar-refractivity contribution in [2.45, 2.75) is 37.4 Å². The normalized spacial score (nSPS) is 25.7. The fourth-order valence-corrected chi connectivity index (χ4v) is 3.69. The molecule has 1 saturated carbocycles. The molecule has 1 aliphatic heterocycles. The van der Waals surface area contributed by atoms with E-state index >= 15 is 0 Å². The van der Waals surface area contributed by atoms with Crippen molar-refractivity contribution in [2.24, 2.45) is 0 Å². The molecule has 1 aliphatic carbocycles. The maximum Gasteiger partial charge on any atom is 0.315 e. The third-order valence-electron chi connectivity index (χ3n) is 4.93. The maximum atomic E-state index is 12.6. The summed E-state index contributed by atoms with van der Waals surface area (Å²) in [5.41, 5.74) is 0.282. The Balaban J connectivity index is 1.50. The van der Waals surface area contributed by atoms with E-state index < -0.39 is 0 Å². The average Bonchev–Trinajstić information content (AvgIpc) is 2.93. The highest BCUT2D eigenvalue weighted by Gasteiger charge is 2.37. The van der Waals surface area contributed by atoms with Crippen LogP contribution >= 0.6 is 0 Å².